The summed E-state index contributed by atoms with van der Waals surface area (Å²) >= 11 is 0. The molecule has 1 heterocycles. The number of aliphatic hydroxyl groups excluding tert-OH is 1. The van der Waals surface area contributed by atoms with Crippen LogP contribution >= 0.6 is 0 Å². The van der Waals surface area contributed by atoms with Crippen molar-refractivity contribution >= 4 is 0 Å². The Morgan fingerprint density at radius 2 is 1.89 bits per heavy atom. The van der Waals surface area contributed by atoms with Gasteiger partial charge in [0.1, 0.15) is 11.8 Å². The maximum Gasteiger partial charge on any atom is 0.111 e. The third kappa shape index (κ3) is 2.96. The second-order valence-corrected chi connectivity index (χ2v) is 5.56. The predicted octanol–water partition coefficient (Wildman–Crippen LogP) is 2.38. The number of aliphatic hydroxyl groups is 1. The number of aromatic amines is 1. The summed E-state index contributed by atoms with van der Waals surface area (Å²) in [6.45, 7) is 6.56. The molecule has 1 aromatic heterocycles. The molecule has 0 spiro atoms. The zero-order chi connectivity index (χ0) is 13.2. The highest BCUT2D eigenvalue weighted by Gasteiger charge is 2.14. The Balaban J connectivity index is 2.07. The normalized spacial score (nSPS) is 13.6. The van der Waals surface area contributed by atoms with Gasteiger partial charge in [0.05, 0.1) is 6.20 Å². The van der Waals surface area contributed by atoms with Gasteiger partial charge in [0.25, 0.3) is 0 Å². The highest BCUT2D eigenvalue weighted by Crippen LogP contribution is 2.23. The van der Waals surface area contributed by atoms with Crippen molar-refractivity contribution in [1.29, 1.82) is 0 Å². The number of aromatic nitrogens is 3. The first kappa shape index (κ1) is 12.8. The molecule has 0 bridgehead atoms. The minimum Gasteiger partial charge on any atom is -0.386 e. The molecule has 1 unspecified atom stereocenters. The molecule has 0 fully saturated rings. The minimum absolute atomic E-state index is 0.156. The Morgan fingerprint density at radius 1 is 1.22 bits per heavy atom. The molecule has 2 rings (SSSR count). The van der Waals surface area contributed by atoms with Gasteiger partial charge in [-0.2, -0.15) is 15.4 Å². The largest absolute Gasteiger partial charge is 0.386 e. The number of hydrogen-bond acceptors (Lipinski definition) is 3. The van der Waals surface area contributed by atoms with Gasteiger partial charge in [0, 0.05) is 6.42 Å². The smallest absolute Gasteiger partial charge is 0.111 e. The maximum absolute atomic E-state index is 9.97. The van der Waals surface area contributed by atoms with Crippen molar-refractivity contribution in [2.24, 2.45) is 0 Å². The first-order valence-corrected chi connectivity index (χ1v) is 6.10. The predicted molar refractivity (Wildman–Crippen MR) is 70.2 cm³/mol. The van der Waals surface area contributed by atoms with Gasteiger partial charge < -0.3 is 5.11 Å². The number of nitrogens with one attached hydrogen (secondary N) is 1. The lowest BCUT2D eigenvalue weighted by atomic mass is 9.86. The maximum atomic E-state index is 9.97. The van der Waals surface area contributed by atoms with Gasteiger partial charge in [-0.15, -0.1) is 0 Å². The lowest BCUT2D eigenvalue weighted by Crippen LogP contribution is -2.11. The average molecular weight is 245 g/mol. The number of rotatable bonds is 3. The van der Waals surface area contributed by atoms with Crippen LogP contribution in [0.1, 0.15) is 43.7 Å². The van der Waals surface area contributed by atoms with Crippen molar-refractivity contribution in [3.05, 3.63) is 47.3 Å². The zero-order valence-electron chi connectivity index (χ0n) is 11.0. The van der Waals surface area contributed by atoms with Crippen LogP contribution < -0.4 is 0 Å². The average Bonchev–Trinajstić information content (AvgIpc) is 2.82. The molecule has 1 atom stereocenters. The van der Waals surface area contributed by atoms with Crippen LogP contribution in [0.4, 0.5) is 0 Å². The van der Waals surface area contributed by atoms with Crippen LogP contribution in [0, 0.1) is 0 Å². The van der Waals surface area contributed by atoms with E-state index in [2.05, 4.69) is 60.4 Å². The van der Waals surface area contributed by atoms with Crippen molar-refractivity contribution in [2.45, 2.75) is 38.7 Å². The number of hydrogen-bond donors (Lipinski definition) is 2. The van der Waals surface area contributed by atoms with Crippen molar-refractivity contribution in [1.82, 2.24) is 15.4 Å². The molecular weight excluding hydrogens is 226 g/mol. The van der Waals surface area contributed by atoms with Crippen LogP contribution in [-0.4, -0.2) is 20.5 Å². The Morgan fingerprint density at radius 3 is 2.39 bits per heavy atom. The van der Waals surface area contributed by atoms with Crippen molar-refractivity contribution in [2.75, 3.05) is 0 Å². The summed E-state index contributed by atoms with van der Waals surface area (Å²) in [5.74, 6) is 0. The van der Waals surface area contributed by atoms with Gasteiger partial charge in [-0.05, 0) is 16.5 Å². The fraction of sp³-hybridized carbons (Fsp3) is 0.429. The third-order valence-corrected chi connectivity index (χ3v) is 3.02. The van der Waals surface area contributed by atoms with E-state index in [9.17, 15) is 5.11 Å². The highest BCUT2D eigenvalue weighted by atomic mass is 16.3. The molecule has 4 heteroatoms. The molecule has 0 aliphatic rings. The van der Waals surface area contributed by atoms with E-state index in [-0.39, 0.29) is 5.41 Å². The molecule has 0 aliphatic heterocycles. The summed E-state index contributed by atoms with van der Waals surface area (Å²) in [5.41, 5.74) is 3.12. The van der Waals surface area contributed by atoms with E-state index >= 15 is 0 Å². The fourth-order valence-corrected chi connectivity index (χ4v) is 1.84. The molecule has 4 nitrogen and oxygen atoms in total. The lowest BCUT2D eigenvalue weighted by Gasteiger charge is -2.19. The van der Waals surface area contributed by atoms with Gasteiger partial charge in [-0.25, -0.2) is 0 Å². The van der Waals surface area contributed by atoms with Crippen molar-refractivity contribution < 1.29 is 5.11 Å². The van der Waals surface area contributed by atoms with Crippen LogP contribution in [0.15, 0.2) is 30.5 Å². The first-order chi connectivity index (χ1) is 8.47. The summed E-state index contributed by atoms with van der Waals surface area (Å²) in [5, 5.41) is 20.1. The van der Waals surface area contributed by atoms with E-state index in [1.165, 1.54) is 5.56 Å². The molecule has 18 heavy (non-hydrogen) atoms. The van der Waals surface area contributed by atoms with Crippen molar-refractivity contribution in [3.8, 4) is 0 Å². The Hall–Kier alpha value is -1.68. The van der Waals surface area contributed by atoms with E-state index in [1.807, 2.05) is 0 Å². The molecule has 0 saturated heterocycles. The standard InChI is InChI=1S/C14H19N3O/c1-14(2,3)11-6-4-10(5-7-11)8-13(18)12-9-15-17-16-12/h4-7,9,13,18H,8H2,1-3H3,(H,15,16,17). The van der Waals surface area contributed by atoms with E-state index in [1.54, 1.807) is 6.20 Å². The monoisotopic (exact) mass is 245 g/mol. The second kappa shape index (κ2) is 4.90. The Bertz CT molecular complexity index is 483. The van der Waals surface area contributed by atoms with Gasteiger partial charge in [0.2, 0.25) is 0 Å². The second-order valence-electron chi connectivity index (χ2n) is 5.56. The molecule has 1 aromatic carbocycles. The number of benzene rings is 1. The molecule has 2 N–H and O–H groups in total. The van der Waals surface area contributed by atoms with E-state index in [0.29, 0.717) is 12.1 Å². The van der Waals surface area contributed by atoms with Crippen LogP contribution in [0.25, 0.3) is 0 Å². The molecule has 0 saturated carbocycles. The Labute approximate surface area is 107 Å². The number of nitrogens with zero attached hydrogens (tertiary/aromatic N) is 2. The van der Waals surface area contributed by atoms with Gasteiger partial charge in [-0.1, -0.05) is 45.0 Å². The van der Waals surface area contributed by atoms with E-state index in [0.717, 1.165) is 5.56 Å². The van der Waals surface area contributed by atoms with E-state index in [4.69, 9.17) is 0 Å². The lowest BCUT2D eigenvalue weighted by molar-refractivity contribution is 0.173. The van der Waals surface area contributed by atoms with Gasteiger partial charge >= 0.3 is 0 Å². The summed E-state index contributed by atoms with van der Waals surface area (Å²) in [6.07, 6.45) is 1.50. The molecule has 2 aromatic rings. The molecular formula is C14H19N3O. The zero-order valence-corrected chi connectivity index (χ0v) is 11.0. The minimum atomic E-state index is -0.607. The number of H-pyrrole nitrogens is 1. The van der Waals surface area contributed by atoms with Crippen LogP contribution in [0.2, 0.25) is 0 Å². The molecule has 0 aliphatic carbocycles. The summed E-state index contributed by atoms with van der Waals surface area (Å²) in [4.78, 5) is 0. The summed E-state index contributed by atoms with van der Waals surface area (Å²) in [7, 11) is 0. The molecule has 0 radical (unpaired) electrons. The van der Waals surface area contributed by atoms with Crippen LogP contribution in [0.3, 0.4) is 0 Å². The molecule has 96 valence electrons. The molecule has 0 amide bonds. The fourth-order valence-electron chi connectivity index (χ4n) is 1.84. The third-order valence-electron chi connectivity index (χ3n) is 3.02. The van der Waals surface area contributed by atoms with Crippen LogP contribution in [-0.2, 0) is 11.8 Å². The first-order valence-electron chi connectivity index (χ1n) is 6.10. The Kier molecular flexibility index (Phi) is 3.48. The quantitative estimate of drug-likeness (QED) is 0.872. The van der Waals surface area contributed by atoms with Gasteiger partial charge in [0.15, 0.2) is 0 Å². The summed E-state index contributed by atoms with van der Waals surface area (Å²) < 4.78 is 0. The van der Waals surface area contributed by atoms with Gasteiger partial charge in [-0.3, -0.25) is 0 Å². The SMILES string of the molecule is CC(C)(C)c1ccc(CC(O)c2cn[nH]n2)cc1. The van der Waals surface area contributed by atoms with E-state index < -0.39 is 6.10 Å². The van der Waals surface area contributed by atoms with Crippen LogP contribution in [0.5, 0.6) is 0 Å². The summed E-state index contributed by atoms with van der Waals surface area (Å²) in [6, 6.07) is 8.35. The topological polar surface area (TPSA) is 61.8 Å². The van der Waals surface area contributed by atoms with Crippen molar-refractivity contribution in [3.63, 3.8) is 0 Å². The highest BCUT2D eigenvalue weighted by molar-refractivity contribution is 5.28.